The van der Waals surface area contributed by atoms with E-state index in [1.807, 2.05) is 29.1 Å². The molecule has 0 aliphatic heterocycles. The molecule has 0 radical (unpaired) electrons. The van der Waals surface area contributed by atoms with Gasteiger partial charge in [-0.05, 0) is 0 Å². The van der Waals surface area contributed by atoms with Crippen LogP contribution in [0.2, 0.25) is 0 Å². The third-order valence-electron chi connectivity index (χ3n) is 2.61. The first-order valence-electron chi connectivity index (χ1n) is 5.36. The SMILES string of the molecule is Cc1c(CCO)sc[n+]1CC(=O)c1ccc[se]1.[Br-]. The number of halogens is 1. The average Bonchev–Trinajstić information content (AvgIpc) is 2.94. The fourth-order valence-electron chi connectivity index (χ4n) is 1.62. The molecule has 18 heavy (non-hydrogen) atoms. The largest absolute Gasteiger partial charge is 1.00 e. The van der Waals surface area contributed by atoms with Gasteiger partial charge in [0.05, 0.1) is 0 Å². The summed E-state index contributed by atoms with van der Waals surface area (Å²) >= 11 is 1.82. The molecule has 2 heterocycles. The number of nitrogens with zero attached hydrogens (tertiary/aromatic N) is 1. The first kappa shape index (κ1) is 15.8. The normalized spacial score (nSPS) is 10.1. The van der Waals surface area contributed by atoms with Crippen LogP contribution in [-0.2, 0) is 13.0 Å². The van der Waals surface area contributed by atoms with Gasteiger partial charge in [-0.3, -0.25) is 0 Å². The Bertz CT molecular complexity index is 510. The second-order valence-corrected chi connectivity index (χ2v) is 6.66. The summed E-state index contributed by atoms with van der Waals surface area (Å²) in [5, 5.41) is 8.92. The number of hydrogen-bond donors (Lipinski definition) is 1. The quantitative estimate of drug-likeness (QED) is 0.356. The molecule has 98 valence electrons. The molecule has 0 aliphatic rings. The second-order valence-electron chi connectivity index (χ2n) is 3.73. The number of aromatic nitrogens is 1. The van der Waals surface area contributed by atoms with Gasteiger partial charge in [0.15, 0.2) is 0 Å². The van der Waals surface area contributed by atoms with Crippen LogP contribution in [0.3, 0.4) is 0 Å². The van der Waals surface area contributed by atoms with Gasteiger partial charge in [-0.25, -0.2) is 0 Å². The van der Waals surface area contributed by atoms with Crippen molar-refractivity contribution in [2.75, 3.05) is 6.61 Å². The van der Waals surface area contributed by atoms with Crippen molar-refractivity contribution >= 4 is 31.6 Å². The molecule has 3 nitrogen and oxygen atoms in total. The van der Waals surface area contributed by atoms with Gasteiger partial charge in [0.25, 0.3) is 0 Å². The van der Waals surface area contributed by atoms with E-state index in [9.17, 15) is 4.79 Å². The third kappa shape index (κ3) is 3.62. The molecule has 0 aromatic carbocycles. The Morgan fingerprint density at radius 1 is 1.56 bits per heavy atom. The Labute approximate surface area is 127 Å². The minimum absolute atomic E-state index is 0. The van der Waals surface area contributed by atoms with Crippen LogP contribution in [-0.4, -0.2) is 32.0 Å². The minimum atomic E-state index is 0. The van der Waals surface area contributed by atoms with Crippen LogP contribution in [0.5, 0.6) is 0 Å². The van der Waals surface area contributed by atoms with Crippen LogP contribution < -0.4 is 21.5 Å². The van der Waals surface area contributed by atoms with E-state index in [4.69, 9.17) is 5.11 Å². The van der Waals surface area contributed by atoms with E-state index in [2.05, 4.69) is 4.94 Å². The molecule has 6 heteroatoms. The Morgan fingerprint density at radius 3 is 2.94 bits per heavy atom. The Kier molecular flexibility index (Phi) is 6.46. The van der Waals surface area contributed by atoms with E-state index in [0.717, 1.165) is 15.0 Å². The molecule has 0 saturated carbocycles. The molecular formula is C12H14BrNO2SSe. The van der Waals surface area contributed by atoms with E-state index in [1.165, 1.54) is 0 Å². The van der Waals surface area contributed by atoms with Crippen molar-refractivity contribution in [2.45, 2.75) is 19.9 Å². The number of carbonyl (C=O) groups excluding carboxylic acids is 1. The Balaban J connectivity index is 0.00000162. The molecule has 0 amide bonds. The van der Waals surface area contributed by atoms with E-state index in [0.29, 0.717) is 13.0 Å². The molecule has 2 rings (SSSR count). The van der Waals surface area contributed by atoms with Gasteiger partial charge in [0.1, 0.15) is 0 Å². The number of carbonyl (C=O) groups is 1. The first-order valence-corrected chi connectivity index (χ1v) is 8.09. The van der Waals surface area contributed by atoms with Crippen LogP contribution in [0.4, 0.5) is 0 Å². The maximum Gasteiger partial charge on any atom is -1.00 e. The number of hydrogen-bond acceptors (Lipinski definition) is 3. The predicted octanol–water partition coefficient (Wildman–Crippen LogP) is -2.18. The molecule has 2 aromatic heterocycles. The molecule has 0 bridgehead atoms. The summed E-state index contributed by atoms with van der Waals surface area (Å²) in [6.45, 7) is 2.58. The van der Waals surface area contributed by atoms with Gasteiger partial charge in [-0.2, -0.15) is 0 Å². The van der Waals surface area contributed by atoms with E-state index in [1.54, 1.807) is 11.3 Å². The molecule has 0 atom stereocenters. The Morgan fingerprint density at radius 2 is 2.33 bits per heavy atom. The molecule has 0 spiro atoms. The summed E-state index contributed by atoms with van der Waals surface area (Å²) in [5.41, 5.74) is 3.06. The van der Waals surface area contributed by atoms with Crippen molar-refractivity contribution in [3.05, 3.63) is 37.6 Å². The molecule has 0 fully saturated rings. The third-order valence-corrected chi connectivity index (χ3v) is 5.66. The average molecular weight is 395 g/mol. The Hall–Kier alpha value is -0.261. The molecule has 0 aliphatic carbocycles. The van der Waals surface area contributed by atoms with Gasteiger partial charge in [-0.1, -0.05) is 0 Å². The van der Waals surface area contributed by atoms with E-state index < -0.39 is 0 Å². The number of Topliss-reactive ketones (excluding diaryl/α,β-unsaturated/α-hetero) is 1. The summed E-state index contributed by atoms with van der Waals surface area (Å²) in [7, 11) is 0. The maximum absolute atomic E-state index is 12.0. The maximum atomic E-state index is 12.0. The van der Waals surface area contributed by atoms with Crippen LogP contribution in [0.15, 0.2) is 22.6 Å². The minimum Gasteiger partial charge on any atom is -1.00 e. The summed E-state index contributed by atoms with van der Waals surface area (Å²) in [5.74, 6) is 0.205. The predicted molar refractivity (Wildman–Crippen MR) is 67.8 cm³/mol. The second kappa shape index (κ2) is 7.36. The van der Waals surface area contributed by atoms with Crippen LogP contribution in [0, 0.1) is 6.92 Å². The number of aliphatic hydroxyl groups excluding tert-OH is 1. The number of aliphatic hydroxyl groups is 1. The molecule has 0 saturated heterocycles. The van der Waals surface area contributed by atoms with Gasteiger partial charge in [0.2, 0.25) is 0 Å². The number of thiazole rings is 1. The van der Waals surface area contributed by atoms with Crippen molar-refractivity contribution in [1.29, 1.82) is 0 Å². The monoisotopic (exact) mass is 395 g/mol. The zero-order valence-electron chi connectivity index (χ0n) is 9.93. The fraction of sp³-hybridized carbons (Fsp3) is 0.333. The summed E-state index contributed by atoms with van der Waals surface area (Å²) in [6, 6.07) is 3.87. The van der Waals surface area contributed by atoms with E-state index in [-0.39, 0.29) is 43.9 Å². The summed E-state index contributed by atoms with van der Waals surface area (Å²) in [6.07, 6.45) is 0.672. The molecular weight excluding hydrogens is 381 g/mol. The van der Waals surface area contributed by atoms with Crippen LogP contribution in [0.25, 0.3) is 0 Å². The first-order chi connectivity index (χ1) is 8.22. The van der Waals surface area contributed by atoms with Gasteiger partial charge in [-0.15, -0.1) is 0 Å². The van der Waals surface area contributed by atoms with Crippen LogP contribution in [0.1, 0.15) is 19.8 Å². The topological polar surface area (TPSA) is 41.2 Å². The van der Waals surface area contributed by atoms with Crippen molar-refractivity contribution in [2.24, 2.45) is 0 Å². The van der Waals surface area contributed by atoms with Crippen molar-refractivity contribution in [3.63, 3.8) is 0 Å². The molecule has 2 aromatic rings. The number of rotatable bonds is 5. The number of ketones is 1. The van der Waals surface area contributed by atoms with Gasteiger partial charge >= 0.3 is 110 Å². The van der Waals surface area contributed by atoms with Gasteiger partial charge in [0, 0.05) is 0 Å². The smallest absolute Gasteiger partial charge is 1.00 e. The van der Waals surface area contributed by atoms with E-state index >= 15 is 0 Å². The summed E-state index contributed by atoms with van der Waals surface area (Å²) < 4.78 is 2.92. The van der Waals surface area contributed by atoms with Gasteiger partial charge < -0.3 is 17.0 Å². The van der Waals surface area contributed by atoms with Crippen LogP contribution >= 0.6 is 11.3 Å². The summed E-state index contributed by atoms with van der Waals surface area (Å²) in [4.78, 5) is 15.2. The zero-order valence-corrected chi connectivity index (χ0v) is 14.0. The standard InChI is InChI=1S/C12H14NO2SSe.BrH/c1-9-11(4-5-14)16-8-13(9)7-10(15)12-3-2-6-17-12;/h2-3,6,8,14H,4-5,7H2,1H3;1H/q+1;/p-1. The van der Waals surface area contributed by atoms with Crippen molar-refractivity contribution in [1.82, 2.24) is 0 Å². The molecule has 0 unspecified atom stereocenters. The fourth-order valence-corrected chi connectivity index (χ4v) is 3.98. The van der Waals surface area contributed by atoms with Crippen molar-refractivity contribution < 1.29 is 31.4 Å². The molecule has 1 N–H and O–H groups in total. The zero-order chi connectivity index (χ0) is 12.3. The van der Waals surface area contributed by atoms with Crippen molar-refractivity contribution in [3.8, 4) is 0 Å².